The van der Waals surface area contributed by atoms with Crippen LogP contribution in [-0.2, 0) is 0 Å². The van der Waals surface area contributed by atoms with Gasteiger partial charge < -0.3 is 4.57 Å². The van der Waals surface area contributed by atoms with Crippen molar-refractivity contribution >= 4 is 75.1 Å². The molecule has 0 radical (unpaired) electrons. The number of para-hydroxylation sites is 3. The molecule has 0 amide bonds. The molecule has 8 heteroatoms. The summed E-state index contributed by atoms with van der Waals surface area (Å²) in [5, 5.41) is 7.20. The van der Waals surface area contributed by atoms with Gasteiger partial charge in [0.2, 0.25) is 5.95 Å². The van der Waals surface area contributed by atoms with Gasteiger partial charge in [0.1, 0.15) is 0 Å². The normalized spacial score (nSPS) is 11.7. The zero-order chi connectivity index (χ0) is 57.4. The Balaban J connectivity index is 0.754. The minimum atomic E-state index is 0.564. The molecule has 12 aromatic carbocycles. The third-order valence-electron chi connectivity index (χ3n) is 16.8. The van der Waals surface area contributed by atoms with Crippen molar-refractivity contribution in [3.05, 3.63) is 297 Å². The van der Waals surface area contributed by atoms with Crippen LogP contribution in [0.1, 0.15) is 0 Å². The second-order valence-electron chi connectivity index (χ2n) is 22.0. The number of benzene rings is 12. The van der Waals surface area contributed by atoms with Gasteiger partial charge in [0, 0.05) is 80.8 Å². The van der Waals surface area contributed by atoms with Crippen molar-refractivity contribution in [2.45, 2.75) is 0 Å². The maximum absolute atomic E-state index is 5.37. The lowest BCUT2D eigenvalue weighted by Crippen LogP contribution is -2.06. The molecule has 0 unspecified atom stereocenters. The Morgan fingerprint density at radius 2 is 0.690 bits per heavy atom. The highest BCUT2D eigenvalue weighted by molar-refractivity contribution is 7.26. The molecule has 17 rings (SSSR count). The average Bonchev–Trinajstić information content (AvgIpc) is 1.90. The second kappa shape index (κ2) is 20.7. The molecule has 0 fully saturated rings. The molecule has 87 heavy (non-hydrogen) atoms. The van der Waals surface area contributed by atoms with Gasteiger partial charge in [0.15, 0.2) is 17.5 Å². The Morgan fingerprint density at radius 3 is 1.33 bits per heavy atom. The second-order valence-corrected chi connectivity index (χ2v) is 23.1. The molecule has 0 aliphatic heterocycles. The zero-order valence-electron chi connectivity index (χ0n) is 46.8. The van der Waals surface area contributed by atoms with Crippen LogP contribution in [0, 0.1) is 0 Å². The summed E-state index contributed by atoms with van der Waals surface area (Å²) in [5.41, 5.74) is 18.9. The van der Waals surface area contributed by atoms with Crippen molar-refractivity contribution in [3.8, 4) is 102 Å². The quantitative estimate of drug-likeness (QED) is 0.136. The van der Waals surface area contributed by atoms with E-state index in [1.807, 2.05) is 78.1 Å². The van der Waals surface area contributed by atoms with Crippen molar-refractivity contribution in [2.24, 2.45) is 0 Å². The van der Waals surface area contributed by atoms with Crippen molar-refractivity contribution in [1.29, 1.82) is 0 Å². The number of thiophene rings is 1. The summed E-state index contributed by atoms with van der Waals surface area (Å²) in [6, 6.07) is 105. The predicted octanol–water partition coefficient (Wildman–Crippen LogP) is 20.6. The van der Waals surface area contributed by atoms with Gasteiger partial charge in [-0.25, -0.2) is 15.0 Å². The Bertz CT molecular complexity index is 5390. The van der Waals surface area contributed by atoms with Crippen molar-refractivity contribution in [3.63, 3.8) is 0 Å². The van der Waals surface area contributed by atoms with Crippen LogP contribution in [0.3, 0.4) is 0 Å². The van der Waals surface area contributed by atoms with Crippen LogP contribution >= 0.6 is 11.3 Å². The van der Waals surface area contributed by atoms with Gasteiger partial charge in [-0.3, -0.25) is 4.57 Å². The largest absolute Gasteiger partial charge is 0.309 e. The topological polar surface area (TPSA) is 74.3 Å². The molecule has 0 aliphatic carbocycles. The molecule has 5 heterocycles. The molecule has 0 N–H and O–H groups in total. The molecule has 0 bridgehead atoms. The van der Waals surface area contributed by atoms with E-state index in [0.717, 1.165) is 94.5 Å². The van der Waals surface area contributed by atoms with Crippen LogP contribution in [-0.4, -0.2) is 34.1 Å². The Kier molecular flexibility index (Phi) is 11.9. The van der Waals surface area contributed by atoms with Gasteiger partial charge in [0.25, 0.3) is 0 Å². The lowest BCUT2D eigenvalue weighted by atomic mass is 9.94. The van der Waals surface area contributed by atoms with Gasteiger partial charge in [-0.05, 0) is 101 Å². The summed E-state index contributed by atoms with van der Waals surface area (Å²) in [7, 11) is 0. The Morgan fingerprint density at radius 1 is 0.241 bits per heavy atom. The van der Waals surface area contributed by atoms with E-state index in [1.165, 1.54) is 47.5 Å². The molecular weight excluding hydrogens is 1080 g/mol. The fourth-order valence-electron chi connectivity index (χ4n) is 12.6. The van der Waals surface area contributed by atoms with E-state index in [4.69, 9.17) is 24.9 Å². The summed E-state index contributed by atoms with van der Waals surface area (Å²) < 4.78 is 7.04. The maximum Gasteiger partial charge on any atom is 0.238 e. The fourth-order valence-corrected chi connectivity index (χ4v) is 13.8. The van der Waals surface area contributed by atoms with Gasteiger partial charge in [-0.15, -0.1) is 11.3 Å². The fraction of sp³-hybridized carbons (Fsp3) is 0. The van der Waals surface area contributed by atoms with Gasteiger partial charge in [0.05, 0.1) is 33.5 Å². The number of fused-ring (bicyclic) bond motifs is 9. The molecule has 0 atom stereocenters. The van der Waals surface area contributed by atoms with Gasteiger partial charge in [-0.1, -0.05) is 224 Å². The number of rotatable bonds is 10. The Hall–Kier alpha value is -11.5. The highest BCUT2D eigenvalue weighted by Gasteiger charge is 2.22. The van der Waals surface area contributed by atoms with E-state index >= 15 is 0 Å². The van der Waals surface area contributed by atoms with E-state index in [-0.39, 0.29) is 0 Å². The molecule has 0 spiro atoms. The minimum Gasteiger partial charge on any atom is -0.309 e. The molecular formula is C79H49N7S. The minimum absolute atomic E-state index is 0.564. The first-order chi connectivity index (χ1) is 43.1. The number of nitrogens with zero attached hydrogens (tertiary/aromatic N) is 7. The van der Waals surface area contributed by atoms with Crippen LogP contribution < -0.4 is 0 Å². The number of hydrogen-bond donors (Lipinski definition) is 0. The maximum atomic E-state index is 5.37. The SMILES string of the molecule is c1ccc(-c2cc(-c3cccc(-c4cc(-c5ccc6c(c5)c5ccccc5n6-c5nc(-c6ccccc6)nc(-c6ccccc6)n5)c5sc6ccccc6c5c4)c3)nc(-c3ccc(-c4ccc(-n5c6ccccc6c6ccccc65)cc4)cc3)n2)cc1. The highest BCUT2D eigenvalue weighted by atomic mass is 32.1. The molecule has 0 saturated carbocycles. The van der Waals surface area contributed by atoms with Gasteiger partial charge >= 0.3 is 0 Å². The third-order valence-corrected chi connectivity index (χ3v) is 18.0. The molecule has 0 saturated heterocycles. The van der Waals surface area contributed by atoms with Crippen molar-refractivity contribution in [2.75, 3.05) is 0 Å². The van der Waals surface area contributed by atoms with Crippen LogP contribution in [0.2, 0.25) is 0 Å². The summed E-state index contributed by atoms with van der Waals surface area (Å²) >= 11 is 1.85. The summed E-state index contributed by atoms with van der Waals surface area (Å²) in [6.07, 6.45) is 0. The van der Waals surface area contributed by atoms with E-state index in [9.17, 15) is 0 Å². The van der Waals surface area contributed by atoms with Crippen molar-refractivity contribution in [1.82, 2.24) is 34.1 Å². The van der Waals surface area contributed by atoms with Crippen LogP contribution in [0.15, 0.2) is 297 Å². The monoisotopic (exact) mass is 1130 g/mol. The molecule has 17 aromatic rings. The number of hydrogen-bond acceptors (Lipinski definition) is 6. The van der Waals surface area contributed by atoms with E-state index in [2.05, 4.69) is 240 Å². The van der Waals surface area contributed by atoms with E-state index in [1.54, 1.807) is 0 Å². The number of aromatic nitrogens is 7. The summed E-state index contributed by atoms with van der Waals surface area (Å²) in [6.45, 7) is 0. The summed E-state index contributed by atoms with van der Waals surface area (Å²) in [4.78, 5) is 26.0. The highest BCUT2D eigenvalue weighted by Crippen LogP contribution is 2.45. The zero-order valence-corrected chi connectivity index (χ0v) is 47.6. The average molecular weight is 1130 g/mol. The third kappa shape index (κ3) is 8.77. The van der Waals surface area contributed by atoms with Crippen LogP contribution in [0.5, 0.6) is 0 Å². The summed E-state index contributed by atoms with van der Waals surface area (Å²) in [5.74, 6) is 2.47. The molecule has 5 aromatic heterocycles. The van der Waals surface area contributed by atoms with Gasteiger partial charge in [-0.2, -0.15) is 9.97 Å². The smallest absolute Gasteiger partial charge is 0.238 e. The van der Waals surface area contributed by atoms with Crippen molar-refractivity contribution < 1.29 is 0 Å². The first-order valence-electron chi connectivity index (χ1n) is 29.2. The van der Waals surface area contributed by atoms with E-state index in [0.29, 0.717) is 23.4 Å². The Labute approximate surface area is 505 Å². The van der Waals surface area contributed by atoms with Crippen LogP contribution in [0.4, 0.5) is 0 Å². The lowest BCUT2D eigenvalue weighted by Gasteiger charge is -2.13. The molecule has 406 valence electrons. The first-order valence-corrected chi connectivity index (χ1v) is 30.0. The molecule has 7 nitrogen and oxygen atoms in total. The van der Waals surface area contributed by atoms with E-state index < -0.39 is 0 Å². The molecule has 0 aliphatic rings. The first kappa shape index (κ1) is 50.1. The lowest BCUT2D eigenvalue weighted by molar-refractivity contribution is 0.953. The van der Waals surface area contributed by atoms with Crippen LogP contribution in [0.25, 0.3) is 165 Å². The predicted molar refractivity (Wildman–Crippen MR) is 360 cm³/mol. The standard InChI is InChI=1S/C79H49N7S/c1-4-19-52(20-5-1)68-49-69(81-76(80-68)55-37-35-50(36-38-55)51-39-42-60(43-40-51)85-70-31-14-10-27-61(70)62-28-11-15-32-71(62)85)58-26-18-25-56(45-58)59-47-65(75-67(48-59)64-30-13-17-34-74(64)87-75)57-41-44-73-66(46-57)63-29-12-16-33-72(63)86(73)79-83-77(53-21-6-2-7-22-53)82-78(84-79)54-23-8-3-9-24-54/h1-49H.